The molecule has 0 fully saturated rings. The van der Waals surface area contributed by atoms with Gasteiger partial charge in [-0.1, -0.05) is 23.4 Å². The molecule has 0 amide bonds. The molecule has 1 aromatic heterocycles. The third-order valence-electron chi connectivity index (χ3n) is 2.31. The van der Waals surface area contributed by atoms with Gasteiger partial charge in [-0.3, -0.25) is 5.32 Å². The average molecular weight is 310 g/mol. The number of rotatable bonds is 2. The van der Waals surface area contributed by atoms with Crippen LogP contribution in [0.5, 0.6) is 0 Å². The summed E-state index contributed by atoms with van der Waals surface area (Å²) in [6, 6.07) is 4.11. The van der Waals surface area contributed by atoms with Gasteiger partial charge in [0.1, 0.15) is 5.82 Å². The molecule has 0 saturated carbocycles. The van der Waals surface area contributed by atoms with Crippen molar-refractivity contribution in [3.8, 4) is 11.9 Å². The van der Waals surface area contributed by atoms with E-state index in [1.54, 1.807) is 24.7 Å². The number of nitrogens with zero attached hydrogens (tertiary/aromatic N) is 4. The number of halogens is 2. The van der Waals surface area contributed by atoms with Gasteiger partial charge in [-0.2, -0.15) is 10.4 Å². The van der Waals surface area contributed by atoms with Crippen molar-refractivity contribution in [3.63, 3.8) is 0 Å². The number of hydrogen-bond acceptors (Lipinski definition) is 4. The Bertz CT molecular complexity index is 691. The lowest BCUT2D eigenvalue weighted by atomic mass is 10.2. The minimum atomic E-state index is -0.428. The number of aliphatic imine (C=N–C) groups is 1. The minimum absolute atomic E-state index is 0.344. The Labute approximate surface area is 124 Å². The molecule has 0 aliphatic heterocycles. The van der Waals surface area contributed by atoms with Gasteiger partial charge in [0, 0.05) is 12.3 Å². The van der Waals surface area contributed by atoms with Gasteiger partial charge in [0.2, 0.25) is 0 Å². The zero-order valence-electron chi connectivity index (χ0n) is 10.3. The summed E-state index contributed by atoms with van der Waals surface area (Å²) < 4.78 is 14.9. The topological polar surface area (TPSA) is 66.0 Å². The van der Waals surface area contributed by atoms with Crippen molar-refractivity contribution < 1.29 is 4.39 Å². The molecule has 0 saturated heterocycles. The van der Waals surface area contributed by atoms with Crippen molar-refractivity contribution in [2.24, 2.45) is 4.99 Å². The highest BCUT2D eigenvalue weighted by molar-refractivity contribution is 8.13. The van der Waals surface area contributed by atoms with Crippen molar-refractivity contribution in [1.29, 1.82) is 5.26 Å². The number of aromatic nitrogens is 2. The standard InChI is InChI=1S/C12H9ClFN5S/c1-20-12(16-7-15)18-10-4-9(14)2-3-11(10)19-6-8(13)5-17-19/h2-6H,1H3,(H,16,18). The summed E-state index contributed by atoms with van der Waals surface area (Å²) in [6.07, 6.45) is 6.60. The van der Waals surface area contributed by atoms with Crippen molar-refractivity contribution in [1.82, 2.24) is 15.1 Å². The number of thioether (sulfide) groups is 1. The summed E-state index contributed by atoms with van der Waals surface area (Å²) in [7, 11) is 0. The summed E-state index contributed by atoms with van der Waals surface area (Å²) in [5, 5.41) is 15.9. The van der Waals surface area contributed by atoms with Crippen LogP contribution in [0.1, 0.15) is 0 Å². The van der Waals surface area contributed by atoms with Gasteiger partial charge >= 0.3 is 0 Å². The molecule has 102 valence electrons. The Hall–Kier alpha value is -2.04. The maximum Gasteiger partial charge on any atom is 0.183 e. The van der Waals surface area contributed by atoms with Gasteiger partial charge in [0.25, 0.3) is 0 Å². The van der Waals surface area contributed by atoms with Crippen LogP contribution in [-0.2, 0) is 0 Å². The zero-order chi connectivity index (χ0) is 14.5. The molecule has 0 unspecified atom stereocenters. The van der Waals surface area contributed by atoms with Crippen LogP contribution in [0.3, 0.4) is 0 Å². The molecule has 0 spiro atoms. The number of nitrogens with one attached hydrogen (secondary N) is 1. The van der Waals surface area contributed by atoms with Crippen molar-refractivity contribution in [3.05, 3.63) is 41.4 Å². The fourth-order valence-corrected chi connectivity index (χ4v) is 1.97. The SMILES string of the molecule is CSC(=Nc1cc(F)ccc1-n1cc(Cl)cn1)NC#N. The molecule has 0 aliphatic carbocycles. The van der Waals surface area contributed by atoms with E-state index in [1.165, 1.54) is 34.8 Å². The molecule has 2 rings (SSSR count). The van der Waals surface area contributed by atoms with Gasteiger partial charge in [0.15, 0.2) is 11.4 Å². The minimum Gasteiger partial charge on any atom is -0.271 e. The van der Waals surface area contributed by atoms with E-state index in [0.717, 1.165) is 0 Å². The van der Waals surface area contributed by atoms with Gasteiger partial charge in [-0.05, 0) is 18.4 Å². The second kappa shape index (κ2) is 6.41. The molecule has 0 bridgehead atoms. The fourth-order valence-electron chi connectivity index (χ4n) is 1.49. The second-order valence-electron chi connectivity index (χ2n) is 3.59. The first-order chi connectivity index (χ1) is 9.63. The largest absolute Gasteiger partial charge is 0.271 e. The highest BCUT2D eigenvalue weighted by atomic mass is 35.5. The monoisotopic (exact) mass is 309 g/mol. The lowest BCUT2D eigenvalue weighted by Crippen LogP contribution is -2.12. The first-order valence-corrected chi connectivity index (χ1v) is 7.02. The summed E-state index contributed by atoms with van der Waals surface area (Å²) in [5.41, 5.74) is 0.904. The van der Waals surface area contributed by atoms with E-state index in [0.29, 0.717) is 21.6 Å². The molecule has 0 atom stereocenters. The zero-order valence-corrected chi connectivity index (χ0v) is 11.9. The van der Waals surface area contributed by atoms with E-state index in [9.17, 15) is 4.39 Å². The van der Waals surface area contributed by atoms with E-state index >= 15 is 0 Å². The first kappa shape index (κ1) is 14.4. The van der Waals surface area contributed by atoms with Crippen LogP contribution in [0, 0.1) is 17.3 Å². The Balaban J connectivity index is 2.51. The van der Waals surface area contributed by atoms with E-state index in [4.69, 9.17) is 16.9 Å². The smallest absolute Gasteiger partial charge is 0.183 e. The van der Waals surface area contributed by atoms with Gasteiger partial charge in [-0.15, -0.1) is 0 Å². The third-order valence-corrected chi connectivity index (χ3v) is 3.09. The predicted octanol–water partition coefficient (Wildman–Crippen LogP) is 3.09. The molecular weight excluding hydrogens is 301 g/mol. The summed E-state index contributed by atoms with van der Waals surface area (Å²) in [6.45, 7) is 0. The molecule has 1 N–H and O–H groups in total. The highest BCUT2D eigenvalue weighted by Crippen LogP contribution is 2.26. The normalized spacial score (nSPS) is 11.2. The summed E-state index contributed by atoms with van der Waals surface area (Å²) in [4.78, 5) is 4.22. The second-order valence-corrected chi connectivity index (χ2v) is 4.83. The Morgan fingerprint density at radius 2 is 2.40 bits per heavy atom. The van der Waals surface area contributed by atoms with Gasteiger partial charge in [-0.25, -0.2) is 14.1 Å². The van der Waals surface area contributed by atoms with Crippen LogP contribution < -0.4 is 5.32 Å². The number of hydrogen-bond donors (Lipinski definition) is 1. The molecule has 20 heavy (non-hydrogen) atoms. The van der Waals surface area contributed by atoms with E-state index in [1.807, 2.05) is 0 Å². The van der Waals surface area contributed by atoms with E-state index < -0.39 is 5.82 Å². The predicted molar refractivity (Wildman–Crippen MR) is 77.9 cm³/mol. The molecule has 0 aliphatic rings. The quantitative estimate of drug-likeness (QED) is 0.401. The van der Waals surface area contributed by atoms with Crippen LogP contribution in [0.4, 0.5) is 10.1 Å². The summed E-state index contributed by atoms with van der Waals surface area (Å²) in [5.74, 6) is -0.428. The molecule has 5 nitrogen and oxygen atoms in total. The van der Waals surface area contributed by atoms with Crippen molar-refractivity contribution >= 4 is 34.2 Å². The third kappa shape index (κ3) is 3.29. The number of nitriles is 1. The fraction of sp³-hybridized carbons (Fsp3) is 0.0833. The number of amidine groups is 1. The van der Waals surface area contributed by atoms with Gasteiger partial charge < -0.3 is 0 Å². The maximum absolute atomic E-state index is 13.4. The van der Waals surface area contributed by atoms with Gasteiger partial charge in [0.05, 0.1) is 22.6 Å². The molecule has 8 heteroatoms. The average Bonchev–Trinajstić information content (AvgIpc) is 2.85. The molecular formula is C12H9ClFN5S. The molecule has 2 aromatic rings. The van der Waals surface area contributed by atoms with Crippen LogP contribution in [0.25, 0.3) is 5.69 Å². The highest BCUT2D eigenvalue weighted by Gasteiger charge is 2.08. The number of benzene rings is 1. The lowest BCUT2D eigenvalue weighted by Gasteiger charge is -2.07. The Morgan fingerprint density at radius 1 is 1.60 bits per heavy atom. The molecule has 1 heterocycles. The Morgan fingerprint density at radius 3 is 3.00 bits per heavy atom. The van der Waals surface area contributed by atoms with E-state index in [2.05, 4.69) is 15.4 Å². The van der Waals surface area contributed by atoms with Crippen LogP contribution in [-0.4, -0.2) is 21.2 Å². The van der Waals surface area contributed by atoms with Crippen molar-refractivity contribution in [2.75, 3.05) is 6.26 Å². The van der Waals surface area contributed by atoms with E-state index in [-0.39, 0.29) is 0 Å². The lowest BCUT2D eigenvalue weighted by molar-refractivity contribution is 0.627. The van der Waals surface area contributed by atoms with Crippen molar-refractivity contribution in [2.45, 2.75) is 0 Å². The molecule has 0 radical (unpaired) electrons. The summed E-state index contributed by atoms with van der Waals surface area (Å²) >= 11 is 7.07. The maximum atomic E-state index is 13.4. The Kier molecular flexibility index (Phi) is 4.61. The van der Waals surface area contributed by atoms with Crippen LogP contribution in [0.2, 0.25) is 5.02 Å². The first-order valence-electron chi connectivity index (χ1n) is 5.42. The van der Waals surface area contributed by atoms with Crippen LogP contribution >= 0.6 is 23.4 Å². The molecule has 1 aromatic carbocycles. The van der Waals surface area contributed by atoms with Crippen LogP contribution in [0.15, 0.2) is 35.6 Å².